The number of hydrogen-bond donors (Lipinski definition) is 2. The van der Waals surface area contributed by atoms with Crippen molar-refractivity contribution in [3.8, 4) is 0 Å². The van der Waals surface area contributed by atoms with Crippen LogP contribution in [0.4, 0.5) is 4.79 Å². The second kappa shape index (κ2) is 6.26. The largest absolute Gasteiger partial charge is 0.350 e. The zero-order valence-electron chi connectivity index (χ0n) is 13.9. The fraction of sp³-hybridized carbons (Fsp3) is 0.688. The maximum Gasteiger partial charge on any atom is 0.325 e. The highest BCUT2D eigenvalue weighted by Gasteiger charge is 2.56. The summed E-state index contributed by atoms with van der Waals surface area (Å²) in [5, 5.41) is 5.46. The first-order valence-electron chi connectivity index (χ1n) is 7.79. The van der Waals surface area contributed by atoms with Gasteiger partial charge in [0.25, 0.3) is 5.91 Å². The predicted molar refractivity (Wildman–Crippen MR) is 90.8 cm³/mol. The average Bonchev–Trinajstić information content (AvgIpc) is 2.58. The number of carbonyl (C=O) groups is 3. The van der Waals surface area contributed by atoms with Crippen LogP contribution < -0.4 is 10.6 Å². The third-order valence-electron chi connectivity index (χ3n) is 4.40. The quantitative estimate of drug-likeness (QED) is 0.727. The number of amides is 4. The molecule has 4 amide bonds. The van der Waals surface area contributed by atoms with Crippen molar-refractivity contribution < 1.29 is 14.4 Å². The lowest BCUT2D eigenvalue weighted by Crippen LogP contribution is -2.54. The van der Waals surface area contributed by atoms with Crippen LogP contribution in [0.25, 0.3) is 0 Å². The third-order valence-corrected chi connectivity index (χ3v) is 4.68. The molecule has 7 heteroatoms. The van der Waals surface area contributed by atoms with Crippen LogP contribution in [0, 0.1) is 11.3 Å². The molecule has 1 saturated heterocycles. The maximum atomic E-state index is 12.8. The predicted octanol–water partition coefficient (Wildman–Crippen LogP) is 2.15. The molecular formula is C16H24BrN3O3. The summed E-state index contributed by atoms with van der Waals surface area (Å²) >= 11 is 3.15. The molecule has 1 aliphatic heterocycles. The molecule has 0 aromatic rings. The van der Waals surface area contributed by atoms with Gasteiger partial charge in [0.2, 0.25) is 5.91 Å². The number of urea groups is 1. The lowest BCUT2D eigenvalue weighted by Gasteiger charge is -2.43. The van der Waals surface area contributed by atoms with Crippen LogP contribution in [0.2, 0.25) is 0 Å². The second-order valence-electron chi connectivity index (χ2n) is 7.55. The SMILES string of the molecule is C=C(Br)CNC(=O)CN1C(=O)N[C@]2(C[C@H](C)CC(C)(C)C2)C1=O. The Morgan fingerprint density at radius 1 is 1.43 bits per heavy atom. The molecule has 2 N–H and O–H groups in total. The number of rotatable bonds is 4. The van der Waals surface area contributed by atoms with Crippen molar-refractivity contribution in [2.24, 2.45) is 11.3 Å². The Bertz CT molecular complexity index is 561. The van der Waals surface area contributed by atoms with E-state index in [1.807, 2.05) is 0 Å². The van der Waals surface area contributed by atoms with Crippen LogP contribution in [-0.4, -0.2) is 41.4 Å². The molecule has 6 nitrogen and oxygen atoms in total. The molecule has 0 bridgehead atoms. The van der Waals surface area contributed by atoms with E-state index in [4.69, 9.17) is 0 Å². The summed E-state index contributed by atoms with van der Waals surface area (Å²) in [4.78, 5) is 38.0. The summed E-state index contributed by atoms with van der Waals surface area (Å²) in [7, 11) is 0. The summed E-state index contributed by atoms with van der Waals surface area (Å²) < 4.78 is 0.627. The van der Waals surface area contributed by atoms with Gasteiger partial charge >= 0.3 is 6.03 Å². The van der Waals surface area contributed by atoms with Gasteiger partial charge in [-0.1, -0.05) is 43.3 Å². The van der Waals surface area contributed by atoms with Crippen LogP contribution in [0.15, 0.2) is 11.1 Å². The second-order valence-corrected chi connectivity index (χ2v) is 8.67. The Morgan fingerprint density at radius 3 is 2.65 bits per heavy atom. The number of halogens is 1. The van der Waals surface area contributed by atoms with Crippen molar-refractivity contribution in [3.05, 3.63) is 11.1 Å². The minimum Gasteiger partial charge on any atom is -0.350 e. The van der Waals surface area contributed by atoms with E-state index in [1.165, 1.54) is 0 Å². The fourth-order valence-corrected chi connectivity index (χ4v) is 4.18. The highest BCUT2D eigenvalue weighted by Crippen LogP contribution is 2.46. The molecule has 23 heavy (non-hydrogen) atoms. The zero-order valence-corrected chi connectivity index (χ0v) is 15.5. The molecule has 0 radical (unpaired) electrons. The standard InChI is InChI=1S/C16H24BrN3O3/c1-10-5-15(3,4)9-16(6-10)13(22)20(14(23)19-16)8-12(21)18-7-11(2)17/h10H,2,5-9H2,1,3-4H3,(H,18,21)(H,19,23)/t10-,16+/m1/s1. The van der Waals surface area contributed by atoms with E-state index in [0.29, 0.717) is 23.2 Å². The summed E-state index contributed by atoms with van der Waals surface area (Å²) in [6.07, 6.45) is 2.24. The first-order chi connectivity index (χ1) is 10.5. The van der Waals surface area contributed by atoms with Crippen molar-refractivity contribution >= 4 is 33.8 Å². The Hall–Kier alpha value is -1.37. The average molecular weight is 386 g/mol. The minimum atomic E-state index is -0.864. The monoisotopic (exact) mass is 385 g/mol. The van der Waals surface area contributed by atoms with Gasteiger partial charge in [-0.2, -0.15) is 0 Å². The van der Waals surface area contributed by atoms with E-state index in [-0.39, 0.29) is 30.3 Å². The van der Waals surface area contributed by atoms with E-state index in [9.17, 15) is 14.4 Å². The first-order valence-corrected chi connectivity index (χ1v) is 8.58. The van der Waals surface area contributed by atoms with E-state index in [0.717, 1.165) is 11.3 Å². The molecule has 1 spiro atoms. The van der Waals surface area contributed by atoms with Crippen molar-refractivity contribution in [2.75, 3.05) is 13.1 Å². The lowest BCUT2D eigenvalue weighted by molar-refractivity contribution is -0.137. The smallest absolute Gasteiger partial charge is 0.325 e. The molecular weight excluding hydrogens is 362 g/mol. The molecule has 0 aromatic carbocycles. The Morgan fingerprint density at radius 2 is 2.09 bits per heavy atom. The van der Waals surface area contributed by atoms with E-state index < -0.39 is 11.6 Å². The van der Waals surface area contributed by atoms with Gasteiger partial charge < -0.3 is 10.6 Å². The van der Waals surface area contributed by atoms with Gasteiger partial charge in [-0.25, -0.2) is 4.79 Å². The minimum absolute atomic E-state index is 0.0213. The van der Waals surface area contributed by atoms with Crippen molar-refractivity contribution in [1.29, 1.82) is 0 Å². The Kier molecular flexibility index (Phi) is 4.89. The summed E-state index contributed by atoms with van der Waals surface area (Å²) in [6, 6.07) is -0.479. The zero-order chi connectivity index (χ0) is 17.4. The van der Waals surface area contributed by atoms with Gasteiger partial charge in [-0.3, -0.25) is 14.5 Å². The molecule has 2 fully saturated rings. The number of hydrogen-bond acceptors (Lipinski definition) is 3. The number of carbonyl (C=O) groups excluding carboxylic acids is 3. The first kappa shape index (κ1) is 18.0. The van der Waals surface area contributed by atoms with E-state index in [1.54, 1.807) is 0 Å². The van der Waals surface area contributed by atoms with Gasteiger partial charge in [-0.15, -0.1) is 0 Å². The molecule has 0 unspecified atom stereocenters. The van der Waals surface area contributed by atoms with Crippen LogP contribution in [0.3, 0.4) is 0 Å². The Labute approximate surface area is 145 Å². The summed E-state index contributed by atoms with van der Waals surface area (Å²) in [5.74, 6) is -0.322. The Balaban J connectivity index is 2.10. The van der Waals surface area contributed by atoms with Crippen molar-refractivity contribution in [2.45, 2.75) is 45.6 Å². The van der Waals surface area contributed by atoms with Crippen LogP contribution in [0.1, 0.15) is 40.0 Å². The third kappa shape index (κ3) is 3.94. The fourth-order valence-electron chi connectivity index (χ4n) is 4.04. The van der Waals surface area contributed by atoms with E-state index >= 15 is 0 Å². The topological polar surface area (TPSA) is 78.5 Å². The summed E-state index contributed by atoms with van der Waals surface area (Å²) in [6.45, 7) is 9.94. The van der Waals surface area contributed by atoms with Gasteiger partial charge in [0.15, 0.2) is 0 Å². The highest BCUT2D eigenvalue weighted by molar-refractivity contribution is 9.11. The lowest BCUT2D eigenvalue weighted by atomic mass is 9.64. The molecule has 128 valence electrons. The number of nitrogens with zero attached hydrogens (tertiary/aromatic N) is 1. The maximum absolute atomic E-state index is 12.8. The van der Waals surface area contributed by atoms with Gasteiger partial charge in [0.1, 0.15) is 12.1 Å². The molecule has 1 heterocycles. The van der Waals surface area contributed by atoms with Gasteiger partial charge in [0, 0.05) is 11.0 Å². The number of nitrogens with one attached hydrogen (secondary N) is 2. The molecule has 2 atom stereocenters. The summed E-state index contributed by atoms with van der Waals surface area (Å²) in [5.41, 5.74) is -0.885. The van der Waals surface area contributed by atoms with Crippen molar-refractivity contribution in [1.82, 2.24) is 15.5 Å². The van der Waals surface area contributed by atoms with Crippen LogP contribution in [0.5, 0.6) is 0 Å². The normalized spacial score (nSPS) is 29.6. The number of imide groups is 1. The molecule has 1 saturated carbocycles. The van der Waals surface area contributed by atoms with Crippen LogP contribution >= 0.6 is 15.9 Å². The van der Waals surface area contributed by atoms with Crippen molar-refractivity contribution in [3.63, 3.8) is 0 Å². The highest BCUT2D eigenvalue weighted by atomic mass is 79.9. The van der Waals surface area contributed by atoms with Crippen LogP contribution in [-0.2, 0) is 9.59 Å². The molecule has 2 rings (SSSR count). The van der Waals surface area contributed by atoms with E-state index in [2.05, 4.69) is 53.9 Å². The van der Waals surface area contributed by atoms with Gasteiger partial charge in [-0.05, 0) is 30.6 Å². The van der Waals surface area contributed by atoms with Gasteiger partial charge in [0.05, 0.1) is 0 Å². The molecule has 2 aliphatic rings. The molecule has 1 aliphatic carbocycles. The molecule has 0 aromatic heterocycles.